The summed E-state index contributed by atoms with van der Waals surface area (Å²) in [5, 5.41) is 1.27. The van der Waals surface area contributed by atoms with Crippen LogP contribution in [0.4, 0.5) is 20.4 Å². The Morgan fingerprint density at radius 1 is 1.00 bits per heavy atom. The van der Waals surface area contributed by atoms with Gasteiger partial charge in [0.1, 0.15) is 17.9 Å². The number of anilines is 2. The van der Waals surface area contributed by atoms with E-state index in [1.807, 2.05) is 0 Å². The number of ether oxygens (including phenoxy) is 1. The van der Waals surface area contributed by atoms with Gasteiger partial charge in [-0.2, -0.15) is 9.97 Å². The van der Waals surface area contributed by atoms with E-state index in [9.17, 15) is 4.39 Å². The average Bonchev–Trinajstić information content (AvgIpc) is 3.35. The number of nitrogen functional groups attached to an aromatic ring is 1. The molecular formula is C29H31ClF2N6O. The van der Waals surface area contributed by atoms with Gasteiger partial charge in [0.25, 0.3) is 0 Å². The van der Waals surface area contributed by atoms with Crippen LogP contribution in [-0.2, 0) is 0 Å². The van der Waals surface area contributed by atoms with Crippen molar-refractivity contribution in [2.45, 2.75) is 51.1 Å². The number of halogens is 3. The summed E-state index contributed by atoms with van der Waals surface area (Å²) >= 11 is 6.76. The number of fused-ring (bicyclic) bond motifs is 2. The summed E-state index contributed by atoms with van der Waals surface area (Å²) < 4.78 is 37.4. The van der Waals surface area contributed by atoms with Crippen LogP contribution >= 0.6 is 11.6 Å². The van der Waals surface area contributed by atoms with E-state index in [-0.39, 0.29) is 51.1 Å². The summed E-state index contributed by atoms with van der Waals surface area (Å²) in [7, 11) is 2.07. The van der Waals surface area contributed by atoms with Gasteiger partial charge in [0.2, 0.25) is 0 Å². The molecule has 0 radical (unpaired) electrons. The van der Waals surface area contributed by atoms with Gasteiger partial charge in [-0.15, -0.1) is 0 Å². The molecule has 0 spiro atoms. The van der Waals surface area contributed by atoms with Gasteiger partial charge >= 0.3 is 6.01 Å². The number of nitrogens with two attached hydrogens (primary N) is 1. The zero-order valence-electron chi connectivity index (χ0n) is 22.1. The van der Waals surface area contributed by atoms with Crippen molar-refractivity contribution in [1.29, 1.82) is 0 Å². The molecule has 0 amide bonds. The first-order valence-corrected chi connectivity index (χ1v) is 13.8. The zero-order chi connectivity index (χ0) is 27.3. The van der Waals surface area contributed by atoms with Crippen LogP contribution in [0.25, 0.3) is 32.9 Å². The molecule has 2 atom stereocenters. The van der Waals surface area contributed by atoms with Crippen molar-refractivity contribution in [3.63, 3.8) is 0 Å². The first kappa shape index (κ1) is 26.0. The fourth-order valence-corrected chi connectivity index (χ4v) is 6.15. The van der Waals surface area contributed by atoms with Gasteiger partial charge in [0.15, 0.2) is 17.5 Å². The standard InChI is InChI=1S/C29H31ClF2N6O/c1-16-8-5-6-13-38(16)28-20-14-21(30)22(25-19-11-4-3-10-18(19)23(31)27(33)34-25)24(32)26(20)35-29(36-28)39-15-17-9-7-12-37(17)2/h3-4,10-11,14,16-17H,5-9,12-13,15H2,1-2H3,(H2,33,34)/t16-,17-/m0/s1. The summed E-state index contributed by atoms with van der Waals surface area (Å²) in [5.41, 5.74) is 6.17. The van der Waals surface area contributed by atoms with Crippen molar-refractivity contribution in [3.05, 3.63) is 47.0 Å². The Morgan fingerprint density at radius 2 is 1.79 bits per heavy atom. The van der Waals surface area contributed by atoms with Crippen LogP contribution in [0, 0.1) is 11.6 Å². The fourth-order valence-electron chi connectivity index (χ4n) is 5.87. The molecule has 0 saturated carbocycles. The smallest absolute Gasteiger partial charge is 0.319 e. The van der Waals surface area contributed by atoms with Crippen LogP contribution < -0.4 is 15.4 Å². The highest BCUT2D eigenvalue weighted by Crippen LogP contribution is 2.42. The lowest BCUT2D eigenvalue weighted by Crippen LogP contribution is -2.38. The normalized spacial score (nSPS) is 20.3. The maximum Gasteiger partial charge on any atom is 0.319 e. The van der Waals surface area contributed by atoms with E-state index in [0.29, 0.717) is 23.2 Å². The summed E-state index contributed by atoms with van der Waals surface area (Å²) in [6.45, 7) is 4.37. The number of rotatable bonds is 5. The second-order valence-electron chi connectivity index (χ2n) is 10.6. The van der Waals surface area contributed by atoms with Crippen LogP contribution in [0.5, 0.6) is 6.01 Å². The molecule has 4 aromatic rings. The lowest BCUT2D eigenvalue weighted by Gasteiger charge is -2.35. The van der Waals surface area contributed by atoms with Crippen molar-refractivity contribution in [2.75, 3.05) is 37.4 Å². The molecule has 2 N–H and O–H groups in total. The fraction of sp³-hybridized carbons (Fsp3) is 0.414. The SMILES string of the molecule is C[C@H]1CCCCN1c1nc(OC[C@@H]2CCCN2C)nc2c(F)c(-c3nc(N)c(F)c4ccccc34)c(Cl)cc12. The van der Waals surface area contributed by atoms with Crippen LogP contribution in [0.2, 0.25) is 5.02 Å². The van der Waals surface area contributed by atoms with Crippen LogP contribution in [0.15, 0.2) is 30.3 Å². The Kier molecular flexibility index (Phi) is 6.89. The number of likely N-dealkylation sites (tertiary alicyclic amines) is 1. The number of hydrogen-bond acceptors (Lipinski definition) is 7. The minimum absolute atomic E-state index is 0.0184. The van der Waals surface area contributed by atoms with Gasteiger partial charge in [0, 0.05) is 34.8 Å². The number of likely N-dealkylation sites (N-methyl/N-ethyl adjacent to an activating group) is 1. The van der Waals surface area contributed by atoms with Crippen LogP contribution in [-0.4, -0.2) is 58.7 Å². The van der Waals surface area contributed by atoms with E-state index in [1.54, 1.807) is 30.3 Å². The molecule has 7 nitrogen and oxygen atoms in total. The molecule has 2 aliphatic rings. The van der Waals surface area contributed by atoms with E-state index in [4.69, 9.17) is 27.1 Å². The molecule has 0 bridgehead atoms. The molecule has 0 unspecified atom stereocenters. The molecule has 4 heterocycles. The summed E-state index contributed by atoms with van der Waals surface area (Å²) in [6.07, 6.45) is 5.28. The van der Waals surface area contributed by atoms with Gasteiger partial charge in [-0.3, -0.25) is 0 Å². The van der Waals surface area contributed by atoms with Gasteiger partial charge in [0.05, 0.1) is 16.3 Å². The van der Waals surface area contributed by atoms with Crippen molar-refractivity contribution in [3.8, 4) is 17.3 Å². The molecule has 39 heavy (non-hydrogen) atoms. The molecule has 10 heteroatoms. The van der Waals surface area contributed by atoms with E-state index >= 15 is 4.39 Å². The molecule has 2 aromatic heterocycles. The van der Waals surface area contributed by atoms with E-state index in [2.05, 4.69) is 33.7 Å². The third-order valence-corrected chi connectivity index (χ3v) is 8.40. The molecule has 0 aliphatic carbocycles. The Hall–Kier alpha value is -3.30. The maximum absolute atomic E-state index is 16.6. The number of piperidine rings is 1. The lowest BCUT2D eigenvalue weighted by atomic mass is 10.00. The van der Waals surface area contributed by atoms with Crippen molar-refractivity contribution in [1.82, 2.24) is 19.9 Å². The lowest BCUT2D eigenvalue weighted by molar-refractivity contribution is 0.188. The highest BCUT2D eigenvalue weighted by atomic mass is 35.5. The quantitative estimate of drug-likeness (QED) is 0.315. The summed E-state index contributed by atoms with van der Waals surface area (Å²) in [4.78, 5) is 18.0. The minimum atomic E-state index is -0.669. The highest BCUT2D eigenvalue weighted by Gasteiger charge is 2.28. The van der Waals surface area contributed by atoms with E-state index in [1.165, 1.54) is 0 Å². The van der Waals surface area contributed by atoms with Crippen molar-refractivity contribution in [2.24, 2.45) is 0 Å². The number of aromatic nitrogens is 3. The monoisotopic (exact) mass is 552 g/mol. The third-order valence-electron chi connectivity index (χ3n) is 8.11. The Labute approximate surface area is 230 Å². The van der Waals surface area contributed by atoms with Gasteiger partial charge in [-0.25, -0.2) is 13.8 Å². The van der Waals surface area contributed by atoms with Crippen LogP contribution in [0.3, 0.4) is 0 Å². The molecule has 2 fully saturated rings. The molecule has 2 saturated heterocycles. The summed E-state index contributed by atoms with van der Waals surface area (Å²) in [5.74, 6) is -1.04. The predicted molar refractivity (Wildman–Crippen MR) is 151 cm³/mol. The molecule has 2 aliphatic heterocycles. The van der Waals surface area contributed by atoms with Gasteiger partial charge < -0.3 is 20.3 Å². The van der Waals surface area contributed by atoms with Crippen molar-refractivity contribution >= 4 is 44.9 Å². The molecular weight excluding hydrogens is 522 g/mol. The Morgan fingerprint density at radius 3 is 2.54 bits per heavy atom. The predicted octanol–water partition coefficient (Wildman–Crippen LogP) is 6.21. The van der Waals surface area contributed by atoms with Crippen LogP contribution in [0.1, 0.15) is 39.0 Å². The first-order valence-electron chi connectivity index (χ1n) is 13.5. The number of hydrogen-bond donors (Lipinski definition) is 1. The maximum atomic E-state index is 16.6. The third kappa shape index (κ3) is 4.61. The van der Waals surface area contributed by atoms with Gasteiger partial charge in [-0.05, 0) is 58.7 Å². The molecule has 2 aromatic carbocycles. The number of pyridine rings is 1. The summed E-state index contributed by atoms with van der Waals surface area (Å²) in [6, 6.07) is 8.96. The largest absolute Gasteiger partial charge is 0.462 e. The highest BCUT2D eigenvalue weighted by molar-refractivity contribution is 6.34. The molecule has 204 valence electrons. The second-order valence-corrected chi connectivity index (χ2v) is 11.0. The topological polar surface area (TPSA) is 80.4 Å². The number of nitrogens with zero attached hydrogens (tertiary/aromatic N) is 5. The van der Waals surface area contributed by atoms with Crippen molar-refractivity contribution < 1.29 is 13.5 Å². The van der Waals surface area contributed by atoms with E-state index < -0.39 is 11.6 Å². The second kappa shape index (κ2) is 10.4. The Bertz CT molecular complexity index is 1570. The Balaban J connectivity index is 1.54. The zero-order valence-corrected chi connectivity index (χ0v) is 22.8. The minimum Gasteiger partial charge on any atom is -0.462 e. The number of benzene rings is 2. The van der Waals surface area contributed by atoms with Gasteiger partial charge in [-0.1, -0.05) is 35.9 Å². The molecule has 6 rings (SSSR count). The average molecular weight is 553 g/mol. The first-order chi connectivity index (χ1) is 18.8. The van der Waals surface area contributed by atoms with E-state index in [0.717, 1.165) is 45.2 Å².